The van der Waals surface area contributed by atoms with Crippen molar-refractivity contribution in [3.63, 3.8) is 0 Å². The van der Waals surface area contributed by atoms with Gasteiger partial charge in [0.2, 0.25) is 9.84 Å². The highest BCUT2D eigenvalue weighted by Gasteiger charge is 2.23. The van der Waals surface area contributed by atoms with E-state index < -0.39 is 9.84 Å². The number of ether oxygens (including phenoxy) is 3. The Hall–Kier alpha value is -1.11. The van der Waals surface area contributed by atoms with Crippen molar-refractivity contribution >= 4 is 9.84 Å². The lowest BCUT2D eigenvalue weighted by molar-refractivity contribution is 0.249. The number of hydrogen-bond donors (Lipinski definition) is 0. The number of sulfone groups is 1. The van der Waals surface area contributed by atoms with Gasteiger partial charge in [-0.2, -0.15) is 0 Å². The highest BCUT2D eigenvalue weighted by molar-refractivity contribution is 7.91. The van der Waals surface area contributed by atoms with Crippen molar-refractivity contribution in [1.82, 2.24) is 0 Å². The molecule has 1 aliphatic rings. The summed E-state index contributed by atoms with van der Waals surface area (Å²) in [6.07, 6.45) is 0.147. The zero-order valence-electron chi connectivity index (χ0n) is 9.46. The van der Waals surface area contributed by atoms with Crippen molar-refractivity contribution in [1.29, 1.82) is 0 Å². The monoisotopic (exact) mass is 258 g/mol. The molecule has 0 radical (unpaired) electrons. The van der Waals surface area contributed by atoms with Crippen LogP contribution in [0.5, 0.6) is 5.75 Å². The number of hydrogen-bond acceptors (Lipinski definition) is 5. The summed E-state index contributed by atoms with van der Waals surface area (Å²) < 4.78 is 38.5. The molecule has 1 aliphatic heterocycles. The van der Waals surface area contributed by atoms with Gasteiger partial charge >= 0.3 is 0 Å². The van der Waals surface area contributed by atoms with E-state index in [1.807, 2.05) is 0 Å². The fourth-order valence-corrected chi connectivity index (χ4v) is 2.36. The topological polar surface area (TPSA) is 65.1 Å². The highest BCUT2D eigenvalue weighted by atomic mass is 32.2. The molecule has 0 saturated carbocycles. The summed E-state index contributed by atoms with van der Waals surface area (Å²) in [7, 11) is -2.04. The molecule has 0 N–H and O–H groups in total. The molecule has 1 fully saturated rings. The van der Waals surface area contributed by atoms with E-state index in [1.54, 1.807) is 12.1 Å². The number of rotatable bonds is 6. The molecule has 1 aromatic carbocycles. The quantitative estimate of drug-likeness (QED) is 0.707. The Balaban J connectivity index is 2.09. The molecule has 2 rings (SSSR count). The zero-order chi connectivity index (χ0) is 12.3. The van der Waals surface area contributed by atoms with E-state index in [2.05, 4.69) is 4.74 Å². The van der Waals surface area contributed by atoms with E-state index in [4.69, 9.17) is 9.47 Å². The Morgan fingerprint density at radius 1 is 1.47 bits per heavy atom. The lowest BCUT2D eigenvalue weighted by atomic mass is 10.3. The Labute approximate surface area is 100 Å². The van der Waals surface area contributed by atoms with Crippen molar-refractivity contribution in [2.75, 3.05) is 26.3 Å². The van der Waals surface area contributed by atoms with Crippen LogP contribution in [0, 0.1) is 0 Å². The van der Waals surface area contributed by atoms with Crippen LogP contribution < -0.4 is 4.74 Å². The minimum atomic E-state index is -3.39. The van der Waals surface area contributed by atoms with Gasteiger partial charge in [0.15, 0.2) is 5.94 Å². The van der Waals surface area contributed by atoms with E-state index in [1.165, 1.54) is 19.2 Å². The molecule has 5 nitrogen and oxygen atoms in total. The van der Waals surface area contributed by atoms with Crippen LogP contribution in [0.3, 0.4) is 0 Å². The first-order valence-electron chi connectivity index (χ1n) is 5.18. The lowest BCUT2D eigenvalue weighted by Crippen LogP contribution is -2.09. The first-order valence-corrected chi connectivity index (χ1v) is 6.83. The minimum Gasteiger partial charge on any atom is -0.491 e. The van der Waals surface area contributed by atoms with Crippen molar-refractivity contribution in [2.24, 2.45) is 0 Å². The molecule has 6 heteroatoms. The van der Waals surface area contributed by atoms with Crippen molar-refractivity contribution < 1.29 is 22.6 Å². The van der Waals surface area contributed by atoms with Gasteiger partial charge in [0, 0.05) is 7.11 Å². The molecular formula is C11H14O5S. The van der Waals surface area contributed by atoms with Gasteiger partial charge in [0.05, 0.1) is 11.5 Å². The molecule has 1 saturated heterocycles. The minimum absolute atomic E-state index is 0.147. The van der Waals surface area contributed by atoms with Crippen LogP contribution in [-0.2, 0) is 19.3 Å². The molecule has 0 amide bonds. The largest absolute Gasteiger partial charge is 0.491 e. The van der Waals surface area contributed by atoms with Crippen molar-refractivity contribution in [3.8, 4) is 5.75 Å². The standard InChI is InChI=1S/C11H14O5S/c1-14-8-17(12,13)11-4-2-3-9(5-11)15-6-10-7-16-10/h2-5,10H,6-8H2,1H3/t10-/m1/s1. The Kier molecular flexibility index (Phi) is 3.66. The van der Waals surface area contributed by atoms with Gasteiger partial charge in [0.25, 0.3) is 0 Å². The second-order valence-corrected chi connectivity index (χ2v) is 5.70. The predicted octanol–water partition coefficient (Wildman–Crippen LogP) is 0.842. The third kappa shape index (κ3) is 3.42. The average molecular weight is 258 g/mol. The number of benzene rings is 1. The summed E-state index contributed by atoms with van der Waals surface area (Å²) in [4.78, 5) is 0.202. The third-order valence-corrected chi connectivity index (χ3v) is 3.79. The van der Waals surface area contributed by atoms with Gasteiger partial charge in [-0.1, -0.05) is 6.07 Å². The van der Waals surface area contributed by atoms with Gasteiger partial charge in [-0.25, -0.2) is 8.42 Å². The summed E-state index contributed by atoms with van der Waals surface area (Å²) >= 11 is 0. The summed E-state index contributed by atoms with van der Waals surface area (Å²) in [5, 5.41) is 0. The van der Waals surface area contributed by atoms with Crippen LogP contribution in [0.4, 0.5) is 0 Å². The fourth-order valence-electron chi connectivity index (χ4n) is 1.33. The Morgan fingerprint density at radius 3 is 2.88 bits per heavy atom. The van der Waals surface area contributed by atoms with E-state index in [0.29, 0.717) is 19.0 Å². The van der Waals surface area contributed by atoms with Crippen LogP contribution in [0.25, 0.3) is 0 Å². The van der Waals surface area contributed by atoms with E-state index >= 15 is 0 Å². The summed E-state index contributed by atoms with van der Waals surface area (Å²) in [5.41, 5.74) is 0. The summed E-state index contributed by atoms with van der Waals surface area (Å²) in [5.74, 6) is 0.194. The first-order chi connectivity index (χ1) is 8.12. The summed E-state index contributed by atoms with van der Waals surface area (Å²) in [6, 6.07) is 6.38. The molecule has 1 aromatic rings. The SMILES string of the molecule is COCS(=O)(=O)c1cccc(OC[C@@H]2CO2)c1. The van der Waals surface area contributed by atoms with Gasteiger partial charge in [-0.3, -0.25) is 0 Å². The first kappa shape index (κ1) is 12.3. The van der Waals surface area contributed by atoms with Crippen LogP contribution in [0.1, 0.15) is 0 Å². The van der Waals surface area contributed by atoms with Gasteiger partial charge < -0.3 is 14.2 Å². The Bertz CT molecular complexity index is 478. The molecule has 1 atom stereocenters. The van der Waals surface area contributed by atoms with Crippen LogP contribution >= 0.6 is 0 Å². The zero-order valence-corrected chi connectivity index (χ0v) is 10.3. The van der Waals surface area contributed by atoms with Gasteiger partial charge in [0.1, 0.15) is 18.5 Å². The molecule has 0 aliphatic carbocycles. The Morgan fingerprint density at radius 2 is 2.24 bits per heavy atom. The highest BCUT2D eigenvalue weighted by Crippen LogP contribution is 2.20. The second kappa shape index (κ2) is 5.03. The third-order valence-electron chi connectivity index (χ3n) is 2.28. The molecule has 1 heterocycles. The van der Waals surface area contributed by atoms with Crippen molar-refractivity contribution in [3.05, 3.63) is 24.3 Å². The maximum atomic E-state index is 11.7. The molecule has 0 spiro atoms. The maximum Gasteiger partial charge on any atom is 0.202 e. The fraction of sp³-hybridized carbons (Fsp3) is 0.455. The second-order valence-electron chi connectivity index (χ2n) is 3.76. The summed E-state index contributed by atoms with van der Waals surface area (Å²) in [6.45, 7) is 1.16. The van der Waals surface area contributed by atoms with Gasteiger partial charge in [-0.05, 0) is 18.2 Å². The van der Waals surface area contributed by atoms with Crippen LogP contribution in [0.15, 0.2) is 29.2 Å². The van der Waals surface area contributed by atoms with E-state index in [0.717, 1.165) is 0 Å². The van der Waals surface area contributed by atoms with Gasteiger partial charge in [-0.15, -0.1) is 0 Å². The normalized spacial score (nSPS) is 19.0. The molecule has 0 aromatic heterocycles. The number of methoxy groups -OCH3 is 1. The lowest BCUT2D eigenvalue weighted by Gasteiger charge is -2.07. The predicted molar refractivity (Wildman–Crippen MR) is 60.7 cm³/mol. The maximum absolute atomic E-state index is 11.7. The van der Waals surface area contributed by atoms with E-state index in [-0.39, 0.29) is 16.9 Å². The molecule has 17 heavy (non-hydrogen) atoms. The average Bonchev–Trinajstić information content (AvgIpc) is 3.10. The molecule has 0 unspecified atom stereocenters. The molecule has 0 bridgehead atoms. The van der Waals surface area contributed by atoms with Crippen LogP contribution in [0.2, 0.25) is 0 Å². The van der Waals surface area contributed by atoms with Crippen LogP contribution in [-0.4, -0.2) is 40.8 Å². The van der Waals surface area contributed by atoms with Crippen molar-refractivity contribution in [2.45, 2.75) is 11.0 Å². The molecule has 94 valence electrons. The molecular weight excluding hydrogens is 244 g/mol. The smallest absolute Gasteiger partial charge is 0.202 e. The number of epoxide rings is 1. The van der Waals surface area contributed by atoms with E-state index in [9.17, 15) is 8.42 Å².